The molecule has 2 atom stereocenters. The number of carbonyl (C=O) groups excluding carboxylic acids is 2. The molecule has 0 radical (unpaired) electrons. The first-order valence-corrected chi connectivity index (χ1v) is 28.6. The van der Waals surface area contributed by atoms with E-state index in [1.54, 1.807) is 34.0 Å². The summed E-state index contributed by atoms with van der Waals surface area (Å²) in [6.45, 7) is 18.2. The van der Waals surface area contributed by atoms with Gasteiger partial charge in [-0.25, -0.2) is 9.97 Å². The van der Waals surface area contributed by atoms with Crippen LogP contribution in [0.4, 0.5) is 0 Å². The predicted octanol–water partition coefficient (Wildman–Crippen LogP) is 17.8. The summed E-state index contributed by atoms with van der Waals surface area (Å²) in [6.07, 6.45) is 12.4. The number of nitrogens with zero attached hydrogens (tertiary/aromatic N) is 2. The first-order chi connectivity index (χ1) is 30.8. The summed E-state index contributed by atoms with van der Waals surface area (Å²) in [5.41, 5.74) is 5.34. The summed E-state index contributed by atoms with van der Waals surface area (Å²) in [5.74, 6) is 2.37. The quantitative estimate of drug-likeness (QED) is 0.0820. The highest BCUT2D eigenvalue weighted by Crippen LogP contribution is 2.54. The molecule has 1 aliphatic heterocycles. The van der Waals surface area contributed by atoms with Gasteiger partial charge in [0.15, 0.2) is 0 Å². The zero-order valence-electron chi connectivity index (χ0n) is 38.1. The minimum absolute atomic E-state index is 0.299. The molecule has 0 aliphatic carbocycles. The maximum absolute atomic E-state index is 13.1. The molecule has 1 aliphatic rings. The van der Waals surface area contributed by atoms with E-state index in [2.05, 4.69) is 102 Å². The smallest absolute Gasteiger partial charge is 0.260 e. The van der Waals surface area contributed by atoms with Crippen LogP contribution in [0.3, 0.4) is 0 Å². The Morgan fingerprint density at radius 3 is 1.48 bits per heavy atom. The van der Waals surface area contributed by atoms with Gasteiger partial charge in [-0.1, -0.05) is 80.1 Å². The Morgan fingerprint density at radius 2 is 0.969 bits per heavy atom. The van der Waals surface area contributed by atoms with Gasteiger partial charge in [0, 0.05) is 45.3 Å². The van der Waals surface area contributed by atoms with Crippen LogP contribution < -0.4 is 5.32 Å². The van der Waals surface area contributed by atoms with Crippen molar-refractivity contribution in [1.82, 2.24) is 15.3 Å². The van der Waals surface area contributed by atoms with Crippen molar-refractivity contribution in [3.05, 3.63) is 79.2 Å². The van der Waals surface area contributed by atoms with Gasteiger partial charge >= 0.3 is 0 Å². The molecule has 12 heteroatoms. The van der Waals surface area contributed by atoms with E-state index in [1.807, 2.05) is 40.9 Å². The zero-order chi connectivity index (χ0) is 44.8. The molecule has 1 N–H and O–H groups in total. The summed E-state index contributed by atoms with van der Waals surface area (Å²) >= 11 is 12.4. The second kappa shape index (κ2) is 19.5. The molecule has 7 aromatic heterocycles. The van der Waals surface area contributed by atoms with Crippen LogP contribution in [0, 0.1) is 37.5 Å². The van der Waals surface area contributed by atoms with Crippen molar-refractivity contribution in [1.29, 1.82) is 0 Å². The Balaban J connectivity index is 1.13. The van der Waals surface area contributed by atoms with Crippen molar-refractivity contribution in [3.8, 4) is 50.4 Å². The van der Waals surface area contributed by atoms with E-state index in [1.165, 1.54) is 97.5 Å². The summed E-state index contributed by atoms with van der Waals surface area (Å²) in [5, 5.41) is 4.63. The molecule has 2 unspecified atom stereocenters. The number of carbonyl (C=O) groups is 2. The average molecular weight is 981 g/mol. The number of benzene rings is 1. The number of thiazole rings is 2. The van der Waals surface area contributed by atoms with Crippen LogP contribution in [-0.2, 0) is 12.8 Å². The molecule has 1 aromatic carbocycles. The Labute approximate surface area is 406 Å². The fourth-order valence-electron chi connectivity index (χ4n) is 8.87. The normalized spacial score (nSPS) is 14.0. The highest BCUT2D eigenvalue weighted by Gasteiger charge is 2.35. The van der Waals surface area contributed by atoms with E-state index in [0.29, 0.717) is 11.1 Å². The average Bonchev–Trinajstić information content (AvgIpc) is 4.10. The number of fused-ring (bicyclic) bond motifs is 3. The molecule has 0 bridgehead atoms. The number of hydrogen-bond donors (Lipinski definition) is 1. The van der Waals surface area contributed by atoms with Crippen LogP contribution in [0.25, 0.3) is 70.8 Å². The molecule has 334 valence electrons. The van der Waals surface area contributed by atoms with E-state index < -0.39 is 0 Å². The summed E-state index contributed by atoms with van der Waals surface area (Å²) in [7, 11) is 0. The molecule has 9 rings (SSSR count). The number of aryl methyl sites for hydroxylation is 4. The van der Waals surface area contributed by atoms with Crippen molar-refractivity contribution in [2.24, 2.45) is 23.7 Å². The molecular formula is C52H57N3O2S7. The van der Waals surface area contributed by atoms with Gasteiger partial charge in [0.1, 0.15) is 10.0 Å². The van der Waals surface area contributed by atoms with Gasteiger partial charge in [-0.05, 0) is 112 Å². The molecular weight excluding hydrogens is 923 g/mol. The summed E-state index contributed by atoms with van der Waals surface area (Å²) < 4.78 is 2.30. The zero-order valence-corrected chi connectivity index (χ0v) is 43.8. The van der Waals surface area contributed by atoms with Crippen molar-refractivity contribution in [2.45, 2.75) is 120 Å². The Kier molecular flexibility index (Phi) is 13.9. The van der Waals surface area contributed by atoms with Crippen LogP contribution >= 0.6 is 79.4 Å². The molecule has 0 saturated heterocycles. The molecule has 64 heavy (non-hydrogen) atoms. The van der Waals surface area contributed by atoms with Crippen LogP contribution in [0.15, 0.2) is 48.5 Å². The lowest BCUT2D eigenvalue weighted by Gasteiger charge is -2.11. The van der Waals surface area contributed by atoms with E-state index in [0.717, 1.165) is 92.0 Å². The maximum Gasteiger partial charge on any atom is 0.260 e. The van der Waals surface area contributed by atoms with Gasteiger partial charge in [0.05, 0.1) is 46.2 Å². The highest BCUT2D eigenvalue weighted by molar-refractivity contribution is 7.29. The van der Waals surface area contributed by atoms with Crippen molar-refractivity contribution < 1.29 is 9.59 Å². The van der Waals surface area contributed by atoms with Gasteiger partial charge in [0.25, 0.3) is 11.8 Å². The number of aromatic nitrogens is 2. The van der Waals surface area contributed by atoms with Crippen LogP contribution in [-0.4, -0.2) is 21.8 Å². The molecule has 8 aromatic rings. The molecule has 5 nitrogen and oxygen atoms in total. The Bertz CT molecular complexity index is 2840. The highest BCUT2D eigenvalue weighted by atomic mass is 32.1. The van der Waals surface area contributed by atoms with Gasteiger partial charge in [-0.15, -0.1) is 79.4 Å². The van der Waals surface area contributed by atoms with Crippen LogP contribution in [0.1, 0.15) is 133 Å². The third-order valence-corrected chi connectivity index (χ3v) is 20.7. The Morgan fingerprint density at radius 1 is 0.484 bits per heavy atom. The summed E-state index contributed by atoms with van der Waals surface area (Å²) in [4.78, 5) is 48.6. The number of nitrogens with one attached hydrogen (secondary N) is 1. The SMILES string of the molecule is Cc1ccc(-c2c3nc(-c4ccc(CCC(C)CCCC(C)C)s4)sc3c(-c3ccc(-c4sc(C)c5c4C(=O)NC5=O)s3)c3nc(-c4ccc(CCC(C)CCCC(C)C)s4)sc23)s1. The first-order valence-electron chi connectivity index (χ1n) is 22.9. The number of imide groups is 1. The fourth-order valence-corrected chi connectivity index (χ4v) is 16.7. The number of amides is 2. The van der Waals surface area contributed by atoms with Gasteiger partial charge < -0.3 is 0 Å². The van der Waals surface area contributed by atoms with E-state index in [-0.39, 0.29) is 11.8 Å². The minimum atomic E-state index is -0.308. The topological polar surface area (TPSA) is 72.0 Å². The van der Waals surface area contributed by atoms with E-state index in [9.17, 15) is 9.59 Å². The first kappa shape index (κ1) is 45.8. The second-order valence-corrected chi connectivity index (χ2v) is 26.6. The number of hydrogen-bond acceptors (Lipinski definition) is 11. The third-order valence-electron chi connectivity index (χ3n) is 12.5. The second-order valence-electron chi connectivity index (χ2n) is 18.7. The van der Waals surface area contributed by atoms with Crippen molar-refractivity contribution in [2.75, 3.05) is 0 Å². The monoisotopic (exact) mass is 979 g/mol. The van der Waals surface area contributed by atoms with Crippen LogP contribution in [0.5, 0.6) is 0 Å². The van der Waals surface area contributed by atoms with Crippen molar-refractivity contribution in [3.63, 3.8) is 0 Å². The van der Waals surface area contributed by atoms with Gasteiger partial charge in [0.2, 0.25) is 0 Å². The lowest BCUT2D eigenvalue weighted by atomic mass is 9.96. The predicted molar refractivity (Wildman–Crippen MR) is 283 cm³/mol. The standard InChI is InChI=1S/C52H57N3O2S7/c1-27(2)11-9-13-29(5)15-18-33-20-23-38(60-33)51-53-44-41(35-22-17-31(7)58-35)47-45(54-52(63-47)39-24-21-34(61-39)19-16-30(6)14-10-12-28(3)4)42(48(44)64-51)36-25-26-37(62-36)46-43-40(32(8)59-46)49(56)55-50(43)57/h17,20-30H,9-16,18-19H2,1-8H3,(H,55,56,57). The number of thiophene rings is 5. The van der Waals surface area contributed by atoms with E-state index in [4.69, 9.17) is 9.97 Å². The molecule has 0 saturated carbocycles. The lowest BCUT2D eigenvalue weighted by Crippen LogP contribution is -2.20. The van der Waals surface area contributed by atoms with Gasteiger partial charge in [-0.2, -0.15) is 0 Å². The maximum atomic E-state index is 13.1. The molecule has 2 amide bonds. The summed E-state index contributed by atoms with van der Waals surface area (Å²) in [6, 6.07) is 18.0. The third kappa shape index (κ3) is 9.58. The van der Waals surface area contributed by atoms with Crippen molar-refractivity contribution >= 4 is 112 Å². The van der Waals surface area contributed by atoms with E-state index >= 15 is 0 Å². The largest absolute Gasteiger partial charge is 0.288 e. The molecule has 8 heterocycles. The van der Waals surface area contributed by atoms with Gasteiger partial charge in [-0.3, -0.25) is 14.9 Å². The lowest BCUT2D eigenvalue weighted by molar-refractivity contribution is 0.0879. The Hall–Kier alpha value is -3.36. The number of rotatable bonds is 19. The molecule has 0 fully saturated rings. The van der Waals surface area contributed by atoms with Crippen LogP contribution in [0.2, 0.25) is 0 Å². The molecule has 0 spiro atoms. The minimum Gasteiger partial charge on any atom is -0.288 e. The fraction of sp³-hybridized carbons (Fsp3) is 0.423.